The number of hydrogen-bond acceptors (Lipinski definition) is 13. The standard InChI is InChI=1S/C28H56O14/c1-2-4-31-6-8-33-10-12-35-14-16-37-18-20-39-22-24-41-26-27-42-25-23-40-21-19-38-17-15-36-13-11-34-9-7-32-5-3-28(29)30/h2-27H2,1H3,(H,29,30). The van der Waals surface area contributed by atoms with Gasteiger partial charge >= 0.3 is 5.97 Å². The number of aliphatic carboxylic acids is 1. The van der Waals surface area contributed by atoms with Gasteiger partial charge in [0, 0.05) is 6.61 Å². The first-order valence-corrected chi connectivity index (χ1v) is 14.9. The molecule has 0 saturated carbocycles. The minimum Gasteiger partial charge on any atom is -0.481 e. The monoisotopic (exact) mass is 616 g/mol. The van der Waals surface area contributed by atoms with Gasteiger partial charge in [-0.3, -0.25) is 4.79 Å². The predicted octanol–water partition coefficient (Wildman–Crippen LogP) is 1.07. The lowest BCUT2D eigenvalue weighted by molar-refractivity contribution is -0.138. The lowest BCUT2D eigenvalue weighted by Gasteiger charge is -2.09. The highest BCUT2D eigenvalue weighted by Crippen LogP contribution is 1.88. The molecule has 0 aliphatic carbocycles. The van der Waals surface area contributed by atoms with Crippen LogP contribution in [-0.4, -0.2) is 170 Å². The zero-order valence-electron chi connectivity index (χ0n) is 25.6. The topological polar surface area (TPSA) is 148 Å². The van der Waals surface area contributed by atoms with E-state index >= 15 is 0 Å². The Morgan fingerprint density at radius 3 is 0.667 bits per heavy atom. The molecule has 42 heavy (non-hydrogen) atoms. The van der Waals surface area contributed by atoms with Crippen LogP contribution in [-0.2, 0) is 61.6 Å². The van der Waals surface area contributed by atoms with Gasteiger partial charge in [-0.15, -0.1) is 0 Å². The summed E-state index contributed by atoms with van der Waals surface area (Å²) in [6, 6.07) is 0. The predicted molar refractivity (Wildman–Crippen MR) is 152 cm³/mol. The van der Waals surface area contributed by atoms with Crippen LogP contribution in [0.5, 0.6) is 0 Å². The summed E-state index contributed by atoms with van der Waals surface area (Å²) in [5.74, 6) is -0.873. The molecule has 0 fully saturated rings. The van der Waals surface area contributed by atoms with Crippen LogP contribution in [0.1, 0.15) is 19.8 Å². The third-order valence-electron chi connectivity index (χ3n) is 4.90. The molecule has 0 saturated heterocycles. The van der Waals surface area contributed by atoms with Crippen molar-refractivity contribution in [3.63, 3.8) is 0 Å². The van der Waals surface area contributed by atoms with Crippen LogP contribution < -0.4 is 0 Å². The van der Waals surface area contributed by atoms with Crippen LogP contribution in [0.15, 0.2) is 0 Å². The minimum atomic E-state index is -0.873. The molecular formula is C28H56O14. The van der Waals surface area contributed by atoms with Crippen LogP contribution in [0.3, 0.4) is 0 Å². The first-order chi connectivity index (χ1) is 20.8. The van der Waals surface area contributed by atoms with E-state index < -0.39 is 5.97 Å². The van der Waals surface area contributed by atoms with Gasteiger partial charge in [0.15, 0.2) is 0 Å². The molecule has 0 aromatic heterocycles. The highest BCUT2D eigenvalue weighted by molar-refractivity contribution is 5.66. The highest BCUT2D eigenvalue weighted by atomic mass is 16.6. The highest BCUT2D eigenvalue weighted by Gasteiger charge is 1.98. The molecule has 0 rings (SSSR count). The fraction of sp³-hybridized carbons (Fsp3) is 0.964. The van der Waals surface area contributed by atoms with Gasteiger partial charge in [-0.1, -0.05) is 6.92 Å². The average molecular weight is 617 g/mol. The van der Waals surface area contributed by atoms with Crippen LogP contribution in [0.25, 0.3) is 0 Å². The van der Waals surface area contributed by atoms with E-state index in [-0.39, 0.29) is 13.0 Å². The number of ether oxygens (including phenoxy) is 12. The van der Waals surface area contributed by atoms with Gasteiger partial charge in [0.1, 0.15) is 0 Å². The van der Waals surface area contributed by atoms with Crippen molar-refractivity contribution in [3.05, 3.63) is 0 Å². The van der Waals surface area contributed by atoms with Crippen LogP contribution in [0, 0.1) is 0 Å². The van der Waals surface area contributed by atoms with Gasteiger partial charge in [-0.2, -0.15) is 0 Å². The molecule has 0 aliphatic rings. The van der Waals surface area contributed by atoms with Crippen LogP contribution >= 0.6 is 0 Å². The second kappa shape index (κ2) is 38.0. The minimum absolute atomic E-state index is 0.000879. The van der Waals surface area contributed by atoms with E-state index in [9.17, 15) is 4.79 Å². The van der Waals surface area contributed by atoms with E-state index in [2.05, 4.69) is 6.92 Å². The molecule has 0 aliphatic heterocycles. The summed E-state index contributed by atoms with van der Waals surface area (Å²) in [6.07, 6.45) is 1.02. The Bertz CT molecular complexity index is 515. The van der Waals surface area contributed by atoms with E-state index in [1.165, 1.54) is 0 Å². The van der Waals surface area contributed by atoms with Crippen LogP contribution in [0.4, 0.5) is 0 Å². The van der Waals surface area contributed by atoms with Crippen molar-refractivity contribution in [1.82, 2.24) is 0 Å². The maximum atomic E-state index is 10.3. The summed E-state index contributed by atoms with van der Waals surface area (Å²) in [7, 11) is 0. The summed E-state index contributed by atoms with van der Waals surface area (Å²) in [6.45, 7) is 14.1. The van der Waals surface area contributed by atoms with Gasteiger partial charge < -0.3 is 61.9 Å². The first kappa shape index (κ1) is 41.0. The molecule has 0 aromatic carbocycles. The fourth-order valence-corrected chi connectivity index (χ4v) is 2.82. The average Bonchev–Trinajstić information content (AvgIpc) is 2.98. The second-order valence-electron chi connectivity index (χ2n) is 8.49. The van der Waals surface area contributed by atoms with Crippen molar-refractivity contribution < 1.29 is 66.7 Å². The Morgan fingerprint density at radius 1 is 0.333 bits per heavy atom. The molecule has 0 amide bonds. The summed E-state index contributed by atoms with van der Waals surface area (Å²) in [5, 5.41) is 8.48. The molecule has 14 heteroatoms. The maximum absolute atomic E-state index is 10.3. The fourth-order valence-electron chi connectivity index (χ4n) is 2.82. The molecule has 14 nitrogen and oxygen atoms in total. The Balaban J connectivity index is 3.03. The molecule has 1 N–H and O–H groups in total. The van der Waals surface area contributed by atoms with Crippen molar-refractivity contribution in [2.75, 3.05) is 159 Å². The third-order valence-corrected chi connectivity index (χ3v) is 4.90. The van der Waals surface area contributed by atoms with E-state index in [0.29, 0.717) is 145 Å². The number of carboxylic acids is 1. The molecule has 0 heterocycles. The Labute approximate surface area is 251 Å². The van der Waals surface area contributed by atoms with Crippen molar-refractivity contribution in [2.45, 2.75) is 19.8 Å². The summed E-state index contributed by atoms with van der Waals surface area (Å²) >= 11 is 0. The number of rotatable bonds is 38. The lowest BCUT2D eigenvalue weighted by Crippen LogP contribution is -2.15. The van der Waals surface area contributed by atoms with Crippen molar-refractivity contribution in [2.24, 2.45) is 0 Å². The third kappa shape index (κ3) is 39.0. The molecule has 0 aromatic rings. The van der Waals surface area contributed by atoms with Gasteiger partial charge in [0.25, 0.3) is 0 Å². The zero-order valence-corrected chi connectivity index (χ0v) is 25.6. The Hall–Kier alpha value is -1.01. The van der Waals surface area contributed by atoms with Crippen molar-refractivity contribution >= 4 is 5.97 Å². The normalized spacial score (nSPS) is 11.5. The van der Waals surface area contributed by atoms with Gasteiger partial charge in [0.2, 0.25) is 0 Å². The van der Waals surface area contributed by atoms with Crippen molar-refractivity contribution in [1.29, 1.82) is 0 Å². The molecule has 0 bridgehead atoms. The van der Waals surface area contributed by atoms with Gasteiger partial charge in [-0.05, 0) is 6.42 Å². The molecular weight excluding hydrogens is 560 g/mol. The van der Waals surface area contributed by atoms with E-state index in [1.807, 2.05) is 0 Å². The molecule has 0 atom stereocenters. The maximum Gasteiger partial charge on any atom is 0.305 e. The molecule has 0 unspecified atom stereocenters. The van der Waals surface area contributed by atoms with E-state index in [4.69, 9.17) is 61.9 Å². The summed E-state index contributed by atoms with van der Waals surface area (Å²) in [5.41, 5.74) is 0. The quantitative estimate of drug-likeness (QED) is 0.0986. The summed E-state index contributed by atoms with van der Waals surface area (Å²) in [4.78, 5) is 10.3. The molecule has 0 spiro atoms. The first-order valence-electron chi connectivity index (χ1n) is 14.9. The van der Waals surface area contributed by atoms with E-state index in [0.717, 1.165) is 13.0 Å². The second-order valence-corrected chi connectivity index (χ2v) is 8.49. The van der Waals surface area contributed by atoms with Gasteiger partial charge in [-0.25, -0.2) is 0 Å². The molecule has 0 radical (unpaired) electrons. The zero-order chi connectivity index (χ0) is 30.4. The Morgan fingerprint density at radius 2 is 0.500 bits per heavy atom. The largest absolute Gasteiger partial charge is 0.481 e. The smallest absolute Gasteiger partial charge is 0.305 e. The number of carbonyl (C=O) groups is 1. The van der Waals surface area contributed by atoms with Gasteiger partial charge in [0.05, 0.1) is 158 Å². The molecule has 252 valence electrons. The lowest BCUT2D eigenvalue weighted by atomic mass is 10.5. The van der Waals surface area contributed by atoms with Crippen molar-refractivity contribution in [3.8, 4) is 0 Å². The number of hydrogen-bond donors (Lipinski definition) is 1. The van der Waals surface area contributed by atoms with E-state index in [1.54, 1.807) is 0 Å². The SMILES string of the molecule is CCCOCCOCCOCCOCCOCCOCCOCCOCCOCCOCCOCCOCCC(=O)O. The Kier molecular flexibility index (Phi) is 37.1. The van der Waals surface area contributed by atoms with Crippen LogP contribution in [0.2, 0.25) is 0 Å². The number of carboxylic acid groups (broad SMARTS) is 1. The summed E-state index contributed by atoms with van der Waals surface area (Å²) < 4.78 is 64.6.